The third-order valence-corrected chi connectivity index (χ3v) is 4.55. The molecule has 0 bridgehead atoms. The van der Waals surface area contributed by atoms with Crippen molar-refractivity contribution in [1.29, 1.82) is 0 Å². The maximum absolute atomic E-state index is 12.7. The molecule has 2 rings (SSSR count). The summed E-state index contributed by atoms with van der Waals surface area (Å²) >= 11 is 0. The molecule has 0 amide bonds. The third-order valence-electron chi connectivity index (χ3n) is 4.55. The number of carbonyl (C=O) groups excluding carboxylic acids is 3. The van der Waals surface area contributed by atoms with E-state index in [0.717, 1.165) is 11.1 Å². The molecule has 0 aliphatic heterocycles. The SMILES string of the molecule is COC(=O)c1c(C)[nH]c(C(=O)[C@H](C)OC(=O)c2cccc(C)c2C)c1C. The molecule has 0 aliphatic rings. The third kappa shape index (κ3) is 3.54. The first-order valence-electron chi connectivity index (χ1n) is 8.27. The number of H-pyrrole nitrogens is 1. The number of benzene rings is 1. The van der Waals surface area contributed by atoms with Gasteiger partial charge >= 0.3 is 11.9 Å². The smallest absolute Gasteiger partial charge is 0.339 e. The van der Waals surface area contributed by atoms with Gasteiger partial charge in [0.2, 0.25) is 5.78 Å². The summed E-state index contributed by atoms with van der Waals surface area (Å²) in [5.74, 6) is -1.48. The summed E-state index contributed by atoms with van der Waals surface area (Å²) in [6.07, 6.45) is -0.996. The van der Waals surface area contributed by atoms with Gasteiger partial charge in [-0.1, -0.05) is 12.1 Å². The van der Waals surface area contributed by atoms with Crippen LogP contribution in [0.25, 0.3) is 0 Å². The van der Waals surface area contributed by atoms with Crippen molar-refractivity contribution >= 4 is 17.7 Å². The number of nitrogens with one attached hydrogen (secondary N) is 1. The van der Waals surface area contributed by atoms with Crippen molar-refractivity contribution < 1.29 is 23.9 Å². The molecule has 1 N–H and O–H groups in total. The van der Waals surface area contributed by atoms with Crippen LogP contribution in [0.4, 0.5) is 0 Å². The molecule has 0 saturated carbocycles. The number of esters is 2. The number of hydrogen-bond acceptors (Lipinski definition) is 5. The highest BCUT2D eigenvalue weighted by atomic mass is 16.5. The Morgan fingerprint density at radius 3 is 2.27 bits per heavy atom. The molecule has 6 heteroatoms. The Hall–Kier alpha value is -2.89. The lowest BCUT2D eigenvalue weighted by molar-refractivity contribution is 0.0316. The molecule has 1 atom stereocenters. The van der Waals surface area contributed by atoms with Gasteiger partial charge in [-0.2, -0.15) is 0 Å². The molecule has 0 aliphatic carbocycles. The molecule has 0 unspecified atom stereocenters. The zero-order valence-corrected chi connectivity index (χ0v) is 15.9. The lowest BCUT2D eigenvalue weighted by atomic mass is 10.0. The van der Waals surface area contributed by atoms with Gasteiger partial charge in [0.1, 0.15) is 0 Å². The zero-order valence-electron chi connectivity index (χ0n) is 15.9. The fraction of sp³-hybridized carbons (Fsp3) is 0.350. The largest absolute Gasteiger partial charge is 0.465 e. The van der Waals surface area contributed by atoms with E-state index in [1.54, 1.807) is 26.0 Å². The number of rotatable bonds is 5. The van der Waals surface area contributed by atoms with E-state index in [2.05, 4.69) is 4.98 Å². The first kappa shape index (κ1) is 19.4. The second-order valence-electron chi connectivity index (χ2n) is 6.28. The highest BCUT2D eigenvalue weighted by Gasteiger charge is 2.28. The molecule has 2 aromatic rings. The van der Waals surface area contributed by atoms with Crippen molar-refractivity contribution in [1.82, 2.24) is 4.98 Å². The van der Waals surface area contributed by atoms with Gasteiger partial charge in [0.15, 0.2) is 6.10 Å². The van der Waals surface area contributed by atoms with Gasteiger partial charge < -0.3 is 14.5 Å². The average Bonchev–Trinajstić information content (AvgIpc) is 2.90. The quantitative estimate of drug-likeness (QED) is 0.654. The van der Waals surface area contributed by atoms with E-state index in [1.165, 1.54) is 14.0 Å². The zero-order chi connectivity index (χ0) is 19.6. The van der Waals surface area contributed by atoms with E-state index in [4.69, 9.17) is 9.47 Å². The van der Waals surface area contributed by atoms with Crippen LogP contribution in [0.1, 0.15) is 60.5 Å². The molecule has 0 saturated heterocycles. The number of aromatic amines is 1. The maximum atomic E-state index is 12.7. The molecule has 1 aromatic heterocycles. The monoisotopic (exact) mass is 357 g/mol. The van der Waals surface area contributed by atoms with Gasteiger partial charge in [0.05, 0.1) is 23.9 Å². The van der Waals surface area contributed by atoms with Crippen LogP contribution >= 0.6 is 0 Å². The minimum Gasteiger partial charge on any atom is -0.465 e. The van der Waals surface area contributed by atoms with Crippen molar-refractivity contribution in [3.63, 3.8) is 0 Å². The minimum absolute atomic E-state index is 0.240. The summed E-state index contributed by atoms with van der Waals surface area (Å²) in [6.45, 7) is 8.59. The van der Waals surface area contributed by atoms with Crippen LogP contribution in [0.5, 0.6) is 0 Å². The second-order valence-corrected chi connectivity index (χ2v) is 6.28. The molecule has 138 valence electrons. The molecule has 26 heavy (non-hydrogen) atoms. The Morgan fingerprint density at radius 2 is 1.65 bits per heavy atom. The summed E-state index contributed by atoms with van der Waals surface area (Å²) in [5.41, 5.74) is 3.79. The van der Waals surface area contributed by atoms with Crippen LogP contribution in [0.3, 0.4) is 0 Å². The predicted molar refractivity (Wildman–Crippen MR) is 96.7 cm³/mol. The van der Waals surface area contributed by atoms with Crippen molar-refractivity contribution in [3.05, 3.63) is 57.4 Å². The highest BCUT2D eigenvalue weighted by molar-refractivity contribution is 6.04. The molecule has 1 aromatic carbocycles. The number of carbonyl (C=O) groups is 3. The summed E-state index contributed by atoms with van der Waals surface area (Å²) in [5, 5.41) is 0. The number of aromatic nitrogens is 1. The first-order chi connectivity index (χ1) is 12.2. The molecule has 0 radical (unpaired) electrons. The van der Waals surface area contributed by atoms with Crippen LogP contribution in [0, 0.1) is 27.7 Å². The molecular formula is C20H23NO5. The van der Waals surface area contributed by atoms with E-state index in [9.17, 15) is 14.4 Å². The fourth-order valence-electron chi connectivity index (χ4n) is 2.86. The average molecular weight is 357 g/mol. The van der Waals surface area contributed by atoms with Crippen LogP contribution in [0.15, 0.2) is 18.2 Å². The molecule has 6 nitrogen and oxygen atoms in total. The Bertz CT molecular complexity index is 879. The maximum Gasteiger partial charge on any atom is 0.339 e. The van der Waals surface area contributed by atoms with E-state index in [1.807, 2.05) is 19.9 Å². The van der Waals surface area contributed by atoms with Crippen LogP contribution in [-0.4, -0.2) is 35.9 Å². The van der Waals surface area contributed by atoms with Gasteiger partial charge in [-0.3, -0.25) is 4.79 Å². The number of ether oxygens (including phenoxy) is 2. The van der Waals surface area contributed by atoms with Crippen molar-refractivity contribution in [2.24, 2.45) is 0 Å². The lowest BCUT2D eigenvalue weighted by Gasteiger charge is -2.14. The highest BCUT2D eigenvalue weighted by Crippen LogP contribution is 2.21. The standard InChI is InChI=1S/C20H23NO5/c1-10-8-7-9-15(11(10)2)19(23)26-14(5)18(22)17-12(3)16(13(4)21-17)20(24)25-6/h7-9,14,21H,1-6H3/t14-/m0/s1. The normalized spacial score (nSPS) is 11.8. The number of methoxy groups -OCH3 is 1. The molecule has 0 fully saturated rings. The van der Waals surface area contributed by atoms with Crippen LogP contribution in [0.2, 0.25) is 0 Å². The Morgan fingerprint density at radius 1 is 1.00 bits per heavy atom. The Balaban J connectivity index is 2.24. The summed E-state index contributed by atoms with van der Waals surface area (Å²) < 4.78 is 10.1. The Kier molecular flexibility index (Phi) is 5.65. The number of aryl methyl sites for hydroxylation is 2. The second kappa shape index (κ2) is 7.56. The Labute approximate surface area is 152 Å². The van der Waals surface area contributed by atoms with Gasteiger partial charge in [0, 0.05) is 5.69 Å². The predicted octanol–water partition coefficient (Wildman–Crippen LogP) is 3.46. The van der Waals surface area contributed by atoms with Crippen molar-refractivity contribution in [2.75, 3.05) is 7.11 Å². The van der Waals surface area contributed by atoms with Gasteiger partial charge in [-0.05, 0) is 57.4 Å². The topological polar surface area (TPSA) is 85.5 Å². The number of Topliss-reactive ketones (excluding diaryl/α,β-unsaturated/α-hetero) is 1. The van der Waals surface area contributed by atoms with E-state index < -0.39 is 23.8 Å². The fourth-order valence-corrected chi connectivity index (χ4v) is 2.86. The van der Waals surface area contributed by atoms with E-state index in [0.29, 0.717) is 22.4 Å². The summed E-state index contributed by atoms with van der Waals surface area (Å²) in [7, 11) is 1.28. The molecular weight excluding hydrogens is 334 g/mol. The van der Waals surface area contributed by atoms with Gasteiger partial charge in [-0.15, -0.1) is 0 Å². The van der Waals surface area contributed by atoms with Gasteiger partial charge in [-0.25, -0.2) is 9.59 Å². The van der Waals surface area contributed by atoms with Gasteiger partial charge in [0.25, 0.3) is 0 Å². The minimum atomic E-state index is -0.996. The summed E-state index contributed by atoms with van der Waals surface area (Å²) in [6, 6.07) is 5.34. The number of ketones is 1. The molecule has 0 spiro atoms. The summed E-state index contributed by atoms with van der Waals surface area (Å²) in [4.78, 5) is 39.9. The number of hydrogen-bond donors (Lipinski definition) is 1. The van der Waals surface area contributed by atoms with E-state index in [-0.39, 0.29) is 5.69 Å². The molecule has 1 heterocycles. The van der Waals surface area contributed by atoms with E-state index >= 15 is 0 Å². The van der Waals surface area contributed by atoms with Crippen LogP contribution in [-0.2, 0) is 9.47 Å². The van der Waals surface area contributed by atoms with Crippen LogP contribution < -0.4 is 0 Å². The first-order valence-corrected chi connectivity index (χ1v) is 8.27. The van der Waals surface area contributed by atoms with Crippen molar-refractivity contribution in [3.8, 4) is 0 Å². The lowest BCUT2D eigenvalue weighted by Crippen LogP contribution is -2.25. The van der Waals surface area contributed by atoms with Crippen molar-refractivity contribution in [2.45, 2.75) is 40.7 Å².